The number of thioether (sulfide) groups is 1. The molecule has 0 spiro atoms. The molecule has 0 aliphatic heterocycles. The Morgan fingerprint density at radius 3 is 2.82 bits per heavy atom. The average molecular weight is 338 g/mol. The molecule has 2 rings (SSSR count). The number of carboxylic acid groups (broad SMARTS) is 1. The van der Waals surface area contributed by atoms with Crippen LogP contribution in [0.2, 0.25) is 5.02 Å². The van der Waals surface area contributed by atoms with Crippen molar-refractivity contribution in [1.82, 2.24) is 9.55 Å². The van der Waals surface area contributed by atoms with Crippen molar-refractivity contribution in [2.75, 3.05) is 5.75 Å². The van der Waals surface area contributed by atoms with Gasteiger partial charge in [-0.15, -0.1) is 0 Å². The Hall–Kier alpha value is -1.46. The number of hydrogen-bond donors (Lipinski definition) is 0. The molecule has 0 fully saturated rings. The maximum Gasteiger partial charge on any atom is 0.168 e. The van der Waals surface area contributed by atoms with Crippen LogP contribution >= 0.6 is 23.4 Å². The van der Waals surface area contributed by atoms with Crippen LogP contribution in [0.1, 0.15) is 37.4 Å². The third-order valence-corrected chi connectivity index (χ3v) is 4.93. The van der Waals surface area contributed by atoms with E-state index >= 15 is 0 Å². The average Bonchev–Trinajstić information content (AvgIpc) is 2.89. The molecule has 1 aromatic carbocycles. The third-order valence-electron chi connectivity index (χ3n) is 3.37. The molecule has 1 heterocycles. The molecule has 0 saturated heterocycles. The summed E-state index contributed by atoms with van der Waals surface area (Å²) in [7, 11) is 0. The summed E-state index contributed by atoms with van der Waals surface area (Å²) in [6, 6.07) is 7.55. The van der Waals surface area contributed by atoms with Gasteiger partial charge in [0.1, 0.15) is 0 Å². The molecule has 0 N–H and O–H groups in total. The van der Waals surface area contributed by atoms with Gasteiger partial charge < -0.3 is 14.5 Å². The number of imidazole rings is 1. The fourth-order valence-electron chi connectivity index (χ4n) is 2.10. The van der Waals surface area contributed by atoms with Crippen LogP contribution in [0.3, 0.4) is 0 Å². The summed E-state index contributed by atoms with van der Waals surface area (Å²) < 4.78 is 1.92. The molecule has 6 heteroatoms. The van der Waals surface area contributed by atoms with Crippen molar-refractivity contribution >= 4 is 29.3 Å². The van der Waals surface area contributed by atoms with E-state index in [4.69, 9.17) is 11.6 Å². The summed E-state index contributed by atoms with van der Waals surface area (Å²) in [5.41, 5.74) is 1.57. The van der Waals surface area contributed by atoms with Crippen LogP contribution in [0.5, 0.6) is 0 Å². The minimum Gasteiger partial charge on any atom is -0.549 e. The molecule has 0 aliphatic carbocycles. The molecule has 2 aromatic rings. The monoisotopic (exact) mass is 337 g/mol. The van der Waals surface area contributed by atoms with Crippen LogP contribution in [-0.2, 0) is 11.3 Å². The lowest BCUT2D eigenvalue weighted by Gasteiger charge is -2.17. The van der Waals surface area contributed by atoms with Crippen molar-refractivity contribution in [3.63, 3.8) is 0 Å². The molecule has 4 nitrogen and oxygen atoms in total. The molecule has 22 heavy (non-hydrogen) atoms. The van der Waals surface area contributed by atoms with Crippen LogP contribution in [0.25, 0.3) is 0 Å². The van der Waals surface area contributed by atoms with E-state index in [0.29, 0.717) is 17.3 Å². The number of halogens is 1. The van der Waals surface area contributed by atoms with Crippen LogP contribution in [-0.4, -0.2) is 21.3 Å². The van der Waals surface area contributed by atoms with Gasteiger partial charge in [-0.1, -0.05) is 55.4 Å². The Morgan fingerprint density at radius 1 is 1.45 bits per heavy atom. The molecule has 0 aliphatic rings. The van der Waals surface area contributed by atoms with Crippen LogP contribution < -0.4 is 5.11 Å². The summed E-state index contributed by atoms with van der Waals surface area (Å²) in [6.45, 7) is 4.21. The fourth-order valence-corrected chi connectivity index (χ4v) is 3.14. The number of carboxylic acids is 1. The zero-order valence-corrected chi connectivity index (χ0v) is 14.2. The van der Waals surface area contributed by atoms with Gasteiger partial charge in [-0.25, -0.2) is 4.98 Å². The second-order valence-electron chi connectivity index (χ2n) is 5.03. The number of carbonyl (C=O) groups is 1. The van der Waals surface area contributed by atoms with Gasteiger partial charge in [0.25, 0.3) is 0 Å². The lowest BCUT2D eigenvalue weighted by atomic mass is 10.1. The molecule has 1 aromatic heterocycles. The highest BCUT2D eigenvalue weighted by atomic mass is 35.5. The molecule has 1 atom stereocenters. The molecule has 0 radical (unpaired) electrons. The van der Waals surface area contributed by atoms with Gasteiger partial charge in [0.15, 0.2) is 5.16 Å². The molecule has 0 saturated carbocycles. The van der Waals surface area contributed by atoms with E-state index in [-0.39, 0.29) is 0 Å². The summed E-state index contributed by atoms with van der Waals surface area (Å²) in [5.74, 6) is -0.892. The minimum absolute atomic E-state index is 0.499. The predicted molar refractivity (Wildman–Crippen MR) is 87.2 cm³/mol. The quantitative estimate of drug-likeness (QED) is 0.729. The first-order chi connectivity index (χ1) is 10.5. The number of nitrogens with zero attached hydrogens (tertiary/aromatic N) is 2. The Bertz CT molecular complexity index is 657. The first kappa shape index (κ1) is 16.9. The Labute approximate surface area is 139 Å². The predicted octanol–water partition coefficient (Wildman–Crippen LogP) is 2.94. The number of hydrogen-bond acceptors (Lipinski definition) is 4. The standard InChI is InChI=1S/C16H19ClN2O2S/c1-3-8-22-16-18-9-14(11(2)15(20)21)19(16)10-12-6-4-5-7-13(12)17/h4-7,9,11H,3,8,10H2,1-2H3,(H,20,21)/p-1. The molecule has 1 unspecified atom stereocenters. The van der Waals surface area contributed by atoms with Gasteiger partial charge in [-0.05, 0) is 18.1 Å². The van der Waals surface area contributed by atoms with Crippen molar-refractivity contribution in [3.05, 3.63) is 46.7 Å². The van der Waals surface area contributed by atoms with E-state index in [1.807, 2.05) is 28.8 Å². The highest BCUT2D eigenvalue weighted by Gasteiger charge is 2.17. The second kappa shape index (κ2) is 7.70. The number of aliphatic carboxylic acids is 1. The van der Waals surface area contributed by atoms with Crippen molar-refractivity contribution in [2.45, 2.75) is 37.9 Å². The van der Waals surface area contributed by atoms with Crippen LogP contribution in [0.4, 0.5) is 0 Å². The maximum atomic E-state index is 11.2. The largest absolute Gasteiger partial charge is 0.549 e. The minimum atomic E-state index is -1.10. The summed E-state index contributed by atoms with van der Waals surface area (Å²) >= 11 is 7.84. The highest BCUT2D eigenvalue weighted by molar-refractivity contribution is 7.99. The normalized spacial score (nSPS) is 12.3. The molecular weight excluding hydrogens is 320 g/mol. The number of rotatable bonds is 7. The molecule has 0 amide bonds. The van der Waals surface area contributed by atoms with Crippen LogP contribution in [0, 0.1) is 0 Å². The highest BCUT2D eigenvalue weighted by Crippen LogP contribution is 2.26. The van der Waals surface area contributed by atoms with E-state index in [1.165, 1.54) is 0 Å². The van der Waals surface area contributed by atoms with Gasteiger partial charge in [-0.2, -0.15) is 0 Å². The van der Waals surface area contributed by atoms with Gasteiger partial charge >= 0.3 is 0 Å². The van der Waals surface area contributed by atoms with E-state index in [9.17, 15) is 9.90 Å². The summed E-state index contributed by atoms with van der Waals surface area (Å²) in [5, 5.41) is 12.7. The second-order valence-corrected chi connectivity index (χ2v) is 6.50. The Kier molecular flexibility index (Phi) is 5.91. The van der Waals surface area contributed by atoms with E-state index in [1.54, 1.807) is 24.9 Å². The summed E-state index contributed by atoms with van der Waals surface area (Å²) in [4.78, 5) is 15.6. The Morgan fingerprint density at radius 2 is 2.18 bits per heavy atom. The first-order valence-electron chi connectivity index (χ1n) is 7.17. The van der Waals surface area contributed by atoms with Crippen molar-refractivity contribution < 1.29 is 9.90 Å². The third kappa shape index (κ3) is 3.84. The van der Waals surface area contributed by atoms with Crippen molar-refractivity contribution in [3.8, 4) is 0 Å². The van der Waals surface area contributed by atoms with E-state index < -0.39 is 11.9 Å². The van der Waals surface area contributed by atoms with Crippen molar-refractivity contribution in [2.24, 2.45) is 0 Å². The van der Waals surface area contributed by atoms with Gasteiger partial charge in [0.05, 0.1) is 18.7 Å². The van der Waals surface area contributed by atoms with Crippen molar-refractivity contribution in [1.29, 1.82) is 0 Å². The zero-order valence-electron chi connectivity index (χ0n) is 12.6. The smallest absolute Gasteiger partial charge is 0.168 e. The van der Waals surface area contributed by atoms with Gasteiger partial charge in [-0.3, -0.25) is 0 Å². The maximum absolute atomic E-state index is 11.2. The van der Waals surface area contributed by atoms with Crippen LogP contribution in [0.15, 0.2) is 35.6 Å². The summed E-state index contributed by atoms with van der Waals surface area (Å²) in [6.07, 6.45) is 2.64. The lowest BCUT2D eigenvalue weighted by molar-refractivity contribution is -0.307. The number of aromatic nitrogens is 2. The number of carbonyl (C=O) groups excluding carboxylic acids is 1. The Balaban J connectivity index is 2.38. The SMILES string of the molecule is CCCSc1ncc(C(C)C(=O)[O-])n1Cc1ccccc1Cl. The first-order valence-corrected chi connectivity index (χ1v) is 8.53. The van der Waals surface area contributed by atoms with Gasteiger partial charge in [0.2, 0.25) is 0 Å². The van der Waals surface area contributed by atoms with E-state index in [0.717, 1.165) is 22.9 Å². The lowest BCUT2D eigenvalue weighted by Crippen LogP contribution is -2.29. The number of benzene rings is 1. The van der Waals surface area contributed by atoms with E-state index in [2.05, 4.69) is 11.9 Å². The topological polar surface area (TPSA) is 57.9 Å². The van der Waals surface area contributed by atoms with Gasteiger partial charge in [0, 0.05) is 22.4 Å². The zero-order chi connectivity index (χ0) is 16.1. The fraction of sp³-hybridized carbons (Fsp3) is 0.375. The molecule has 0 bridgehead atoms. The molecule has 118 valence electrons. The molecular formula is C16H18ClN2O2S-.